The summed E-state index contributed by atoms with van der Waals surface area (Å²) in [6, 6.07) is 10.1. The molecule has 98 valence electrons. The largest absolute Gasteiger partial charge is 0.376 e. The predicted molar refractivity (Wildman–Crippen MR) is 67.8 cm³/mol. The zero-order valence-electron chi connectivity index (χ0n) is 10.4. The summed E-state index contributed by atoms with van der Waals surface area (Å²) in [6.45, 7) is 1.44. The molecule has 1 aromatic carbocycles. The second-order valence-electron chi connectivity index (χ2n) is 4.74. The van der Waals surface area contributed by atoms with Crippen LogP contribution in [0.4, 0.5) is 0 Å². The molecule has 1 saturated carbocycles. The van der Waals surface area contributed by atoms with Gasteiger partial charge in [0.05, 0.1) is 19.3 Å². The van der Waals surface area contributed by atoms with E-state index in [0.29, 0.717) is 12.5 Å². The van der Waals surface area contributed by atoms with Crippen LogP contribution in [0.1, 0.15) is 18.4 Å². The van der Waals surface area contributed by atoms with Crippen molar-refractivity contribution in [1.29, 1.82) is 0 Å². The molecular formula is C14H19NO3. The van der Waals surface area contributed by atoms with Crippen LogP contribution in [0.2, 0.25) is 0 Å². The highest BCUT2D eigenvalue weighted by Gasteiger charge is 2.30. The third-order valence-corrected chi connectivity index (χ3v) is 3.12. The Morgan fingerprint density at radius 3 is 2.67 bits per heavy atom. The Kier molecular flexibility index (Phi) is 4.73. The van der Waals surface area contributed by atoms with Crippen molar-refractivity contribution in [1.82, 2.24) is 0 Å². The maximum atomic E-state index is 10.5. The van der Waals surface area contributed by atoms with Gasteiger partial charge in [0.15, 0.2) is 0 Å². The summed E-state index contributed by atoms with van der Waals surface area (Å²) in [5, 5.41) is 0. The number of primary amides is 1. The SMILES string of the molecule is NC(=O)COC1CC(COCc2ccccc2)C1. The van der Waals surface area contributed by atoms with Crippen molar-refractivity contribution in [3.05, 3.63) is 35.9 Å². The fourth-order valence-corrected chi connectivity index (χ4v) is 2.06. The molecule has 18 heavy (non-hydrogen) atoms. The van der Waals surface area contributed by atoms with E-state index in [0.717, 1.165) is 19.4 Å². The lowest BCUT2D eigenvalue weighted by Crippen LogP contribution is -2.36. The molecule has 4 heteroatoms. The molecule has 0 heterocycles. The van der Waals surface area contributed by atoms with E-state index in [9.17, 15) is 4.79 Å². The summed E-state index contributed by atoms with van der Waals surface area (Å²) in [7, 11) is 0. The Labute approximate surface area is 107 Å². The molecule has 1 fully saturated rings. The molecule has 0 spiro atoms. The molecule has 0 radical (unpaired) electrons. The van der Waals surface area contributed by atoms with Gasteiger partial charge >= 0.3 is 0 Å². The summed E-state index contributed by atoms with van der Waals surface area (Å²) in [4.78, 5) is 10.5. The van der Waals surface area contributed by atoms with Gasteiger partial charge in [-0.2, -0.15) is 0 Å². The van der Waals surface area contributed by atoms with Crippen LogP contribution in [0, 0.1) is 5.92 Å². The van der Waals surface area contributed by atoms with Crippen molar-refractivity contribution < 1.29 is 14.3 Å². The zero-order chi connectivity index (χ0) is 12.8. The van der Waals surface area contributed by atoms with E-state index < -0.39 is 5.91 Å². The molecule has 4 nitrogen and oxygen atoms in total. The lowest BCUT2D eigenvalue weighted by atomic mass is 9.83. The lowest BCUT2D eigenvalue weighted by Gasteiger charge is -2.34. The Morgan fingerprint density at radius 1 is 1.28 bits per heavy atom. The molecule has 0 atom stereocenters. The van der Waals surface area contributed by atoms with Crippen molar-refractivity contribution in [3.8, 4) is 0 Å². The van der Waals surface area contributed by atoms with Crippen molar-refractivity contribution in [2.45, 2.75) is 25.6 Å². The Bertz CT molecular complexity index is 374. The van der Waals surface area contributed by atoms with Crippen molar-refractivity contribution in [3.63, 3.8) is 0 Å². The number of amides is 1. The fraction of sp³-hybridized carbons (Fsp3) is 0.500. The van der Waals surface area contributed by atoms with Crippen LogP contribution in [0.15, 0.2) is 30.3 Å². The Morgan fingerprint density at radius 2 is 2.00 bits per heavy atom. The molecule has 1 aliphatic carbocycles. The monoisotopic (exact) mass is 249 g/mol. The van der Waals surface area contributed by atoms with Crippen LogP contribution < -0.4 is 5.73 Å². The van der Waals surface area contributed by atoms with Crippen LogP contribution in [-0.4, -0.2) is 25.2 Å². The minimum absolute atomic E-state index is 0.0300. The molecule has 1 aliphatic rings. The number of ether oxygens (including phenoxy) is 2. The highest BCUT2D eigenvalue weighted by Crippen LogP contribution is 2.30. The highest BCUT2D eigenvalue weighted by atomic mass is 16.5. The summed E-state index contributed by atoms with van der Waals surface area (Å²) >= 11 is 0. The van der Waals surface area contributed by atoms with Gasteiger partial charge in [-0.15, -0.1) is 0 Å². The van der Waals surface area contributed by atoms with Gasteiger partial charge in [-0.25, -0.2) is 0 Å². The van der Waals surface area contributed by atoms with Gasteiger partial charge in [0.2, 0.25) is 5.91 Å². The minimum Gasteiger partial charge on any atom is -0.376 e. The maximum Gasteiger partial charge on any atom is 0.243 e. The number of benzene rings is 1. The smallest absolute Gasteiger partial charge is 0.243 e. The summed E-state index contributed by atoms with van der Waals surface area (Å²) in [6.07, 6.45) is 2.10. The topological polar surface area (TPSA) is 61.6 Å². The number of carbonyl (C=O) groups is 1. The normalized spacial score (nSPS) is 22.4. The Hall–Kier alpha value is -1.39. The molecule has 0 aliphatic heterocycles. The number of hydrogen-bond acceptors (Lipinski definition) is 3. The molecule has 0 aromatic heterocycles. The molecular weight excluding hydrogens is 230 g/mol. The van der Waals surface area contributed by atoms with Gasteiger partial charge in [-0.3, -0.25) is 4.79 Å². The minimum atomic E-state index is -0.404. The highest BCUT2D eigenvalue weighted by molar-refractivity contribution is 5.75. The average molecular weight is 249 g/mol. The summed E-state index contributed by atoms with van der Waals surface area (Å²) < 4.78 is 11.0. The summed E-state index contributed by atoms with van der Waals surface area (Å²) in [5.74, 6) is 0.144. The third-order valence-electron chi connectivity index (χ3n) is 3.12. The first-order chi connectivity index (χ1) is 8.74. The quantitative estimate of drug-likeness (QED) is 0.796. The van der Waals surface area contributed by atoms with Gasteiger partial charge in [0.25, 0.3) is 0 Å². The average Bonchev–Trinajstić information content (AvgIpc) is 2.32. The van der Waals surface area contributed by atoms with Gasteiger partial charge in [-0.1, -0.05) is 30.3 Å². The first kappa shape index (κ1) is 13.1. The van der Waals surface area contributed by atoms with Gasteiger partial charge in [-0.05, 0) is 24.3 Å². The van der Waals surface area contributed by atoms with Crippen molar-refractivity contribution >= 4 is 5.91 Å². The first-order valence-electron chi connectivity index (χ1n) is 6.25. The van der Waals surface area contributed by atoms with E-state index in [1.165, 1.54) is 5.56 Å². The molecule has 1 amide bonds. The van der Waals surface area contributed by atoms with E-state index in [4.69, 9.17) is 15.2 Å². The van der Waals surface area contributed by atoms with E-state index in [1.807, 2.05) is 18.2 Å². The molecule has 0 unspecified atom stereocenters. The number of hydrogen-bond donors (Lipinski definition) is 1. The van der Waals surface area contributed by atoms with Crippen LogP contribution in [0.3, 0.4) is 0 Å². The Balaban J connectivity index is 1.54. The lowest BCUT2D eigenvalue weighted by molar-refractivity contribution is -0.129. The van der Waals surface area contributed by atoms with E-state index >= 15 is 0 Å². The number of carbonyl (C=O) groups excluding carboxylic acids is 1. The summed E-state index contributed by atoms with van der Waals surface area (Å²) in [5.41, 5.74) is 6.20. The first-order valence-corrected chi connectivity index (χ1v) is 6.25. The van der Waals surface area contributed by atoms with Gasteiger partial charge < -0.3 is 15.2 Å². The molecule has 2 N–H and O–H groups in total. The molecule has 0 saturated heterocycles. The van der Waals surface area contributed by atoms with Crippen LogP contribution in [-0.2, 0) is 20.9 Å². The van der Waals surface area contributed by atoms with Gasteiger partial charge in [0, 0.05) is 0 Å². The predicted octanol–water partition coefficient (Wildman–Crippen LogP) is 1.48. The van der Waals surface area contributed by atoms with Gasteiger partial charge in [0.1, 0.15) is 6.61 Å². The van der Waals surface area contributed by atoms with Crippen LogP contribution >= 0.6 is 0 Å². The van der Waals surface area contributed by atoms with Crippen LogP contribution in [0.5, 0.6) is 0 Å². The van der Waals surface area contributed by atoms with Crippen molar-refractivity contribution in [2.75, 3.05) is 13.2 Å². The zero-order valence-corrected chi connectivity index (χ0v) is 10.4. The molecule has 2 rings (SSSR count). The van der Waals surface area contributed by atoms with E-state index in [1.54, 1.807) is 0 Å². The second kappa shape index (κ2) is 6.52. The van der Waals surface area contributed by atoms with Crippen LogP contribution in [0.25, 0.3) is 0 Å². The van der Waals surface area contributed by atoms with E-state index in [-0.39, 0.29) is 12.7 Å². The second-order valence-corrected chi connectivity index (χ2v) is 4.74. The maximum absolute atomic E-state index is 10.5. The third kappa shape index (κ3) is 4.13. The van der Waals surface area contributed by atoms with Crippen molar-refractivity contribution in [2.24, 2.45) is 11.7 Å². The van der Waals surface area contributed by atoms with E-state index in [2.05, 4.69) is 12.1 Å². The standard InChI is InChI=1S/C14H19NO3/c15-14(16)10-18-13-6-12(7-13)9-17-8-11-4-2-1-3-5-11/h1-5,12-13H,6-10H2,(H2,15,16). The fourth-order valence-electron chi connectivity index (χ4n) is 2.06. The number of nitrogens with two attached hydrogens (primary N) is 1. The molecule has 0 bridgehead atoms. The molecule has 1 aromatic rings. The number of rotatable bonds is 7.